The molecule has 27 heavy (non-hydrogen) atoms. The van der Waals surface area contributed by atoms with E-state index in [1.54, 1.807) is 4.68 Å². The Balaban J connectivity index is 2.00. The van der Waals surface area contributed by atoms with Crippen molar-refractivity contribution in [3.8, 4) is 0 Å². The summed E-state index contributed by atoms with van der Waals surface area (Å²) in [5.74, 6) is -0.102. The molecule has 1 aromatic carbocycles. The van der Waals surface area contributed by atoms with Crippen molar-refractivity contribution in [1.29, 1.82) is 0 Å². The Hall–Kier alpha value is -2.73. The first-order chi connectivity index (χ1) is 12.8. The lowest BCUT2D eigenvalue weighted by atomic mass is 10.0. The van der Waals surface area contributed by atoms with Crippen molar-refractivity contribution >= 4 is 16.9 Å². The molecule has 0 fully saturated rings. The summed E-state index contributed by atoms with van der Waals surface area (Å²) in [5.41, 5.74) is 5.25. The number of carbonyl (C=O) groups excluding carboxylic acids is 1. The molecule has 2 aromatic heterocycles. The van der Waals surface area contributed by atoms with Gasteiger partial charge in [0.1, 0.15) is 0 Å². The summed E-state index contributed by atoms with van der Waals surface area (Å²) in [5, 5.41) is 8.47. The second-order valence-electron chi connectivity index (χ2n) is 7.42. The van der Waals surface area contributed by atoms with E-state index < -0.39 is 0 Å². The van der Waals surface area contributed by atoms with E-state index in [2.05, 4.69) is 45.4 Å². The Morgan fingerprint density at radius 3 is 2.63 bits per heavy atom. The van der Waals surface area contributed by atoms with Crippen molar-refractivity contribution in [2.24, 2.45) is 7.05 Å². The highest BCUT2D eigenvalue weighted by molar-refractivity contribution is 6.06. The predicted octanol–water partition coefficient (Wildman–Crippen LogP) is 2.93. The molecule has 2 heterocycles. The first-order valence-corrected chi connectivity index (χ1v) is 9.09. The van der Waals surface area contributed by atoms with Gasteiger partial charge in [-0.15, -0.1) is 0 Å². The SMILES string of the molecule is Cc1cccc(C(CN(C)C)NC(=O)c2cc(C)nc3c2c(C)nn3C)c1. The normalized spacial score (nSPS) is 12.6. The molecule has 1 unspecified atom stereocenters. The van der Waals surface area contributed by atoms with Crippen LogP contribution in [-0.4, -0.2) is 46.2 Å². The second kappa shape index (κ2) is 7.48. The van der Waals surface area contributed by atoms with Crippen LogP contribution in [0.1, 0.15) is 38.9 Å². The Morgan fingerprint density at radius 1 is 1.22 bits per heavy atom. The summed E-state index contributed by atoms with van der Waals surface area (Å²) in [6.07, 6.45) is 0. The number of pyridine rings is 1. The van der Waals surface area contributed by atoms with E-state index in [0.29, 0.717) is 12.1 Å². The molecule has 1 amide bonds. The van der Waals surface area contributed by atoms with Crippen LogP contribution in [0, 0.1) is 20.8 Å². The van der Waals surface area contributed by atoms with Gasteiger partial charge in [0.25, 0.3) is 5.91 Å². The molecule has 1 N–H and O–H groups in total. The van der Waals surface area contributed by atoms with Crippen molar-refractivity contribution in [3.63, 3.8) is 0 Å². The fraction of sp³-hybridized carbons (Fsp3) is 0.381. The predicted molar refractivity (Wildman–Crippen MR) is 108 cm³/mol. The van der Waals surface area contributed by atoms with Gasteiger partial charge < -0.3 is 10.2 Å². The zero-order valence-electron chi connectivity index (χ0n) is 16.9. The fourth-order valence-corrected chi connectivity index (χ4v) is 3.47. The molecule has 3 rings (SSSR count). The minimum Gasteiger partial charge on any atom is -0.344 e. The molecule has 0 spiro atoms. The third kappa shape index (κ3) is 4.01. The van der Waals surface area contributed by atoms with Crippen molar-refractivity contribution in [1.82, 2.24) is 25.0 Å². The van der Waals surface area contributed by atoms with Gasteiger partial charge in [0, 0.05) is 19.3 Å². The smallest absolute Gasteiger partial charge is 0.252 e. The van der Waals surface area contributed by atoms with E-state index >= 15 is 0 Å². The van der Waals surface area contributed by atoms with Crippen LogP contribution in [0.2, 0.25) is 0 Å². The number of aromatic nitrogens is 3. The van der Waals surface area contributed by atoms with Crippen LogP contribution >= 0.6 is 0 Å². The van der Waals surface area contributed by atoms with Gasteiger partial charge in [-0.3, -0.25) is 9.48 Å². The molecule has 0 aliphatic carbocycles. The molecule has 3 aromatic rings. The molecule has 0 aliphatic heterocycles. The summed E-state index contributed by atoms with van der Waals surface area (Å²) in [7, 11) is 5.87. The number of hydrogen-bond donors (Lipinski definition) is 1. The lowest BCUT2D eigenvalue weighted by Crippen LogP contribution is -2.35. The summed E-state index contributed by atoms with van der Waals surface area (Å²) < 4.78 is 1.73. The van der Waals surface area contributed by atoms with E-state index in [4.69, 9.17) is 0 Å². The van der Waals surface area contributed by atoms with Crippen LogP contribution in [0.3, 0.4) is 0 Å². The third-order valence-corrected chi connectivity index (χ3v) is 4.64. The molecule has 0 saturated carbocycles. The topological polar surface area (TPSA) is 63.1 Å². The lowest BCUT2D eigenvalue weighted by molar-refractivity contribution is 0.0931. The summed E-state index contributed by atoms with van der Waals surface area (Å²) >= 11 is 0. The fourth-order valence-electron chi connectivity index (χ4n) is 3.47. The number of rotatable bonds is 5. The van der Waals surface area contributed by atoms with Gasteiger partial charge in [-0.1, -0.05) is 29.8 Å². The van der Waals surface area contributed by atoms with Gasteiger partial charge in [0.15, 0.2) is 5.65 Å². The molecule has 6 heteroatoms. The van der Waals surface area contributed by atoms with Gasteiger partial charge in [0.05, 0.1) is 22.7 Å². The molecule has 0 aliphatic rings. The molecular weight excluding hydrogens is 338 g/mol. The average molecular weight is 365 g/mol. The first kappa shape index (κ1) is 19.0. The maximum absolute atomic E-state index is 13.2. The maximum atomic E-state index is 13.2. The number of benzene rings is 1. The molecule has 142 valence electrons. The van der Waals surface area contributed by atoms with Crippen molar-refractivity contribution < 1.29 is 4.79 Å². The van der Waals surface area contributed by atoms with Crippen LogP contribution in [0.4, 0.5) is 0 Å². The Bertz CT molecular complexity index is 990. The van der Waals surface area contributed by atoms with Crippen molar-refractivity contribution in [3.05, 3.63) is 58.4 Å². The van der Waals surface area contributed by atoms with E-state index in [9.17, 15) is 4.79 Å². The summed E-state index contributed by atoms with van der Waals surface area (Å²) in [6, 6.07) is 10.0. The van der Waals surface area contributed by atoms with Gasteiger partial charge in [-0.05, 0) is 46.5 Å². The van der Waals surface area contributed by atoms with E-state index in [1.807, 2.05) is 47.1 Å². The van der Waals surface area contributed by atoms with Crippen LogP contribution < -0.4 is 5.32 Å². The highest BCUT2D eigenvalue weighted by Gasteiger charge is 2.21. The number of aryl methyl sites for hydroxylation is 4. The van der Waals surface area contributed by atoms with E-state index in [0.717, 1.165) is 28.0 Å². The van der Waals surface area contributed by atoms with Gasteiger partial charge >= 0.3 is 0 Å². The second-order valence-corrected chi connectivity index (χ2v) is 7.42. The molecule has 0 radical (unpaired) electrons. The van der Waals surface area contributed by atoms with Gasteiger partial charge in [-0.2, -0.15) is 5.10 Å². The standard InChI is InChI=1S/C21H27N5O/c1-13-8-7-9-16(10-13)18(12-25(4)5)23-21(27)17-11-14(2)22-20-19(17)15(3)24-26(20)6/h7-11,18H,12H2,1-6H3,(H,23,27). The maximum Gasteiger partial charge on any atom is 0.252 e. The lowest BCUT2D eigenvalue weighted by Gasteiger charge is -2.23. The number of hydrogen-bond acceptors (Lipinski definition) is 4. The number of nitrogens with one attached hydrogen (secondary N) is 1. The van der Waals surface area contributed by atoms with Gasteiger partial charge in [-0.25, -0.2) is 4.98 Å². The first-order valence-electron chi connectivity index (χ1n) is 9.09. The number of nitrogens with zero attached hydrogens (tertiary/aromatic N) is 4. The largest absolute Gasteiger partial charge is 0.344 e. The minimum absolute atomic E-state index is 0.102. The van der Waals surface area contributed by atoms with Crippen LogP contribution in [0.25, 0.3) is 11.0 Å². The third-order valence-electron chi connectivity index (χ3n) is 4.64. The minimum atomic E-state index is -0.104. The van der Waals surface area contributed by atoms with Crippen LogP contribution in [0.5, 0.6) is 0 Å². The average Bonchev–Trinajstić information content (AvgIpc) is 2.87. The zero-order chi connectivity index (χ0) is 19.7. The zero-order valence-corrected chi connectivity index (χ0v) is 16.9. The molecule has 0 bridgehead atoms. The highest BCUT2D eigenvalue weighted by atomic mass is 16.1. The Morgan fingerprint density at radius 2 is 1.96 bits per heavy atom. The van der Waals surface area contributed by atoms with Crippen LogP contribution in [0.15, 0.2) is 30.3 Å². The highest BCUT2D eigenvalue weighted by Crippen LogP contribution is 2.23. The van der Waals surface area contributed by atoms with E-state index in [1.165, 1.54) is 5.56 Å². The molecular formula is C21H27N5O. The van der Waals surface area contributed by atoms with Crippen molar-refractivity contribution in [2.75, 3.05) is 20.6 Å². The monoisotopic (exact) mass is 365 g/mol. The molecule has 0 saturated heterocycles. The quantitative estimate of drug-likeness (QED) is 0.755. The van der Waals surface area contributed by atoms with Crippen molar-refractivity contribution in [2.45, 2.75) is 26.8 Å². The molecule has 6 nitrogen and oxygen atoms in total. The summed E-state index contributed by atoms with van der Waals surface area (Å²) in [4.78, 5) is 19.9. The van der Waals surface area contributed by atoms with Gasteiger partial charge in [0.2, 0.25) is 0 Å². The number of amides is 1. The number of fused-ring (bicyclic) bond motifs is 1. The summed E-state index contributed by atoms with van der Waals surface area (Å²) in [6.45, 7) is 6.59. The molecule has 1 atom stereocenters. The number of likely N-dealkylation sites (N-methyl/N-ethyl adjacent to an activating group) is 1. The number of carbonyl (C=O) groups is 1. The Labute approximate surface area is 160 Å². The Kier molecular flexibility index (Phi) is 5.28. The van der Waals surface area contributed by atoms with Crippen LogP contribution in [-0.2, 0) is 7.05 Å². The van der Waals surface area contributed by atoms with E-state index in [-0.39, 0.29) is 11.9 Å².